The van der Waals surface area contributed by atoms with Crippen molar-refractivity contribution in [3.63, 3.8) is 0 Å². The van der Waals surface area contributed by atoms with Crippen molar-refractivity contribution in [3.8, 4) is 0 Å². The lowest BCUT2D eigenvalue weighted by Gasteiger charge is -2.21. The number of esters is 1. The molecule has 0 spiro atoms. The Bertz CT molecular complexity index is 392. The summed E-state index contributed by atoms with van der Waals surface area (Å²) >= 11 is 0. The Morgan fingerprint density at radius 1 is 1.30 bits per heavy atom. The van der Waals surface area contributed by atoms with Crippen LogP contribution in [0, 0.1) is 5.92 Å². The van der Waals surface area contributed by atoms with E-state index in [1.54, 1.807) is 6.92 Å². The fourth-order valence-electron chi connectivity index (χ4n) is 1.91. The molecule has 20 heavy (non-hydrogen) atoms. The first-order chi connectivity index (χ1) is 9.49. The van der Waals surface area contributed by atoms with Gasteiger partial charge in [0.2, 0.25) is 0 Å². The molecule has 1 aromatic rings. The van der Waals surface area contributed by atoms with Crippen molar-refractivity contribution in [3.05, 3.63) is 35.9 Å². The molecule has 1 aromatic carbocycles. The van der Waals surface area contributed by atoms with Crippen LogP contribution in [0.3, 0.4) is 0 Å². The minimum absolute atomic E-state index is 0.169. The fraction of sp³-hybridized carbons (Fsp3) is 0.562. The molecule has 0 bridgehead atoms. The van der Waals surface area contributed by atoms with Crippen molar-refractivity contribution in [1.29, 1.82) is 0 Å². The van der Waals surface area contributed by atoms with E-state index in [0.717, 1.165) is 12.1 Å². The van der Waals surface area contributed by atoms with E-state index in [9.17, 15) is 9.90 Å². The predicted molar refractivity (Wildman–Crippen MR) is 79.2 cm³/mol. The second kappa shape index (κ2) is 8.72. The van der Waals surface area contributed by atoms with Crippen LogP contribution in [0.25, 0.3) is 0 Å². The Kier molecular flexibility index (Phi) is 7.26. The monoisotopic (exact) mass is 279 g/mol. The van der Waals surface area contributed by atoms with Gasteiger partial charge in [0.1, 0.15) is 6.61 Å². The quantitative estimate of drug-likeness (QED) is 0.740. The first-order valence-corrected chi connectivity index (χ1v) is 7.06. The Morgan fingerprint density at radius 3 is 2.55 bits per heavy atom. The molecule has 2 unspecified atom stereocenters. The van der Waals surface area contributed by atoms with Gasteiger partial charge in [-0.2, -0.15) is 0 Å². The van der Waals surface area contributed by atoms with Crippen LogP contribution in [-0.4, -0.2) is 42.2 Å². The van der Waals surface area contributed by atoms with Crippen LogP contribution in [0.1, 0.15) is 25.8 Å². The number of aliphatic hydroxyl groups is 1. The molecule has 1 N–H and O–H groups in total. The number of carbonyl (C=O) groups is 1. The molecule has 4 heteroatoms. The molecule has 2 atom stereocenters. The van der Waals surface area contributed by atoms with Crippen molar-refractivity contribution < 1.29 is 14.6 Å². The number of aliphatic hydroxyl groups excluding tert-OH is 1. The largest absolute Gasteiger partial charge is 0.461 e. The van der Waals surface area contributed by atoms with Gasteiger partial charge < -0.3 is 14.7 Å². The Labute approximate surface area is 121 Å². The van der Waals surface area contributed by atoms with Gasteiger partial charge in [-0.05, 0) is 26.0 Å². The van der Waals surface area contributed by atoms with E-state index in [2.05, 4.69) is 0 Å². The highest BCUT2D eigenvalue weighted by atomic mass is 16.5. The van der Waals surface area contributed by atoms with Gasteiger partial charge in [0.05, 0.1) is 12.0 Å². The maximum Gasteiger partial charge on any atom is 0.310 e. The van der Waals surface area contributed by atoms with E-state index < -0.39 is 0 Å². The predicted octanol–water partition coefficient (Wildman–Crippen LogP) is 2.07. The summed E-state index contributed by atoms with van der Waals surface area (Å²) in [4.78, 5) is 13.9. The number of benzene rings is 1. The van der Waals surface area contributed by atoms with Gasteiger partial charge in [-0.25, -0.2) is 0 Å². The highest BCUT2D eigenvalue weighted by Gasteiger charge is 2.16. The van der Waals surface area contributed by atoms with Crippen LogP contribution in [0.15, 0.2) is 30.3 Å². The Balaban J connectivity index is 2.28. The van der Waals surface area contributed by atoms with Gasteiger partial charge in [0.25, 0.3) is 0 Å². The van der Waals surface area contributed by atoms with E-state index >= 15 is 0 Å². The molecule has 0 saturated carbocycles. The minimum Gasteiger partial charge on any atom is -0.461 e. The lowest BCUT2D eigenvalue weighted by molar-refractivity contribution is -0.149. The summed E-state index contributed by atoms with van der Waals surface area (Å²) in [5.74, 6) is -0.351. The van der Waals surface area contributed by atoms with Crippen molar-refractivity contribution in [2.45, 2.75) is 33.0 Å². The number of nitrogens with zero attached hydrogens (tertiary/aromatic N) is 1. The molecule has 0 amide bonds. The van der Waals surface area contributed by atoms with E-state index in [1.165, 1.54) is 0 Å². The average Bonchev–Trinajstić information content (AvgIpc) is 2.43. The SMILES string of the molecule is CC(O)CCN(C)CC(C)C(=O)OCc1ccccc1. The summed E-state index contributed by atoms with van der Waals surface area (Å²) in [7, 11) is 1.95. The summed E-state index contributed by atoms with van der Waals surface area (Å²) in [5, 5.41) is 9.24. The molecule has 0 aliphatic carbocycles. The minimum atomic E-state index is -0.308. The average molecular weight is 279 g/mol. The van der Waals surface area contributed by atoms with Gasteiger partial charge in [0, 0.05) is 13.1 Å². The third kappa shape index (κ3) is 6.68. The standard InChI is InChI=1S/C16H25NO3/c1-13(11-17(3)10-9-14(2)18)16(19)20-12-15-7-5-4-6-8-15/h4-8,13-14,18H,9-12H2,1-3H3. The number of carbonyl (C=O) groups excluding carboxylic acids is 1. The first-order valence-electron chi connectivity index (χ1n) is 7.06. The van der Waals surface area contributed by atoms with E-state index in [-0.39, 0.29) is 18.0 Å². The smallest absolute Gasteiger partial charge is 0.310 e. The summed E-state index contributed by atoms with van der Waals surface area (Å²) in [6, 6.07) is 9.66. The zero-order valence-corrected chi connectivity index (χ0v) is 12.6. The normalized spacial score (nSPS) is 14.1. The number of hydrogen-bond acceptors (Lipinski definition) is 4. The van der Waals surface area contributed by atoms with Crippen LogP contribution in [0.2, 0.25) is 0 Å². The highest BCUT2D eigenvalue weighted by molar-refractivity contribution is 5.72. The van der Waals surface area contributed by atoms with Gasteiger partial charge in [-0.3, -0.25) is 4.79 Å². The Hall–Kier alpha value is -1.39. The first kappa shape index (κ1) is 16.7. The second-order valence-corrected chi connectivity index (χ2v) is 5.39. The van der Waals surface area contributed by atoms with Crippen LogP contribution in [0.4, 0.5) is 0 Å². The van der Waals surface area contributed by atoms with Crippen LogP contribution in [0.5, 0.6) is 0 Å². The third-order valence-electron chi connectivity index (χ3n) is 3.14. The highest BCUT2D eigenvalue weighted by Crippen LogP contribution is 2.06. The van der Waals surface area contributed by atoms with Crippen molar-refractivity contribution in [1.82, 2.24) is 4.90 Å². The molecule has 4 nitrogen and oxygen atoms in total. The molecular weight excluding hydrogens is 254 g/mol. The van der Waals surface area contributed by atoms with Gasteiger partial charge in [-0.15, -0.1) is 0 Å². The molecular formula is C16H25NO3. The summed E-state index contributed by atoms with van der Waals surface area (Å²) in [6.07, 6.45) is 0.403. The molecule has 0 heterocycles. The topological polar surface area (TPSA) is 49.8 Å². The Morgan fingerprint density at radius 2 is 1.95 bits per heavy atom. The van der Waals surface area contributed by atoms with Crippen molar-refractivity contribution in [2.24, 2.45) is 5.92 Å². The molecule has 0 radical (unpaired) electrons. The molecule has 0 fully saturated rings. The number of rotatable bonds is 8. The third-order valence-corrected chi connectivity index (χ3v) is 3.14. The van der Waals surface area contributed by atoms with Gasteiger partial charge in [0.15, 0.2) is 0 Å². The van der Waals surface area contributed by atoms with Crippen molar-refractivity contribution >= 4 is 5.97 Å². The summed E-state index contributed by atoms with van der Waals surface area (Å²) < 4.78 is 5.30. The van der Waals surface area contributed by atoms with Gasteiger partial charge in [-0.1, -0.05) is 37.3 Å². The number of ether oxygens (including phenoxy) is 1. The lowest BCUT2D eigenvalue weighted by Crippen LogP contribution is -2.31. The van der Waals surface area contributed by atoms with E-state index in [0.29, 0.717) is 19.6 Å². The molecule has 0 aliphatic rings. The lowest BCUT2D eigenvalue weighted by atomic mass is 10.1. The molecule has 112 valence electrons. The maximum atomic E-state index is 11.9. The fourth-order valence-corrected chi connectivity index (χ4v) is 1.91. The van der Waals surface area contributed by atoms with Gasteiger partial charge >= 0.3 is 5.97 Å². The second-order valence-electron chi connectivity index (χ2n) is 5.39. The van der Waals surface area contributed by atoms with E-state index in [4.69, 9.17) is 4.74 Å². The molecule has 1 rings (SSSR count). The summed E-state index contributed by atoms with van der Waals surface area (Å²) in [5.41, 5.74) is 0.996. The van der Waals surface area contributed by atoms with E-state index in [1.807, 2.05) is 49.2 Å². The number of hydrogen-bond donors (Lipinski definition) is 1. The molecule has 0 saturated heterocycles. The molecule has 0 aromatic heterocycles. The molecule has 0 aliphatic heterocycles. The van der Waals surface area contributed by atoms with Crippen molar-refractivity contribution in [2.75, 3.05) is 20.1 Å². The van der Waals surface area contributed by atoms with Crippen LogP contribution in [-0.2, 0) is 16.1 Å². The summed E-state index contributed by atoms with van der Waals surface area (Å²) in [6.45, 7) is 5.37. The zero-order valence-electron chi connectivity index (χ0n) is 12.6. The zero-order chi connectivity index (χ0) is 15.0. The maximum absolute atomic E-state index is 11.9. The van der Waals surface area contributed by atoms with Crippen LogP contribution >= 0.6 is 0 Å². The van der Waals surface area contributed by atoms with Crippen LogP contribution < -0.4 is 0 Å².